The van der Waals surface area contributed by atoms with Crippen LogP contribution < -0.4 is 10.6 Å². The normalized spacial score (nSPS) is 17.7. The third kappa shape index (κ3) is 8.15. The maximum Gasteiger partial charge on any atom is 0.408 e. The van der Waals surface area contributed by atoms with Gasteiger partial charge in [-0.1, -0.05) is 25.1 Å². The van der Waals surface area contributed by atoms with Gasteiger partial charge < -0.3 is 30.1 Å². The third-order valence-electron chi connectivity index (χ3n) is 5.52. The number of hydrogen-bond donors (Lipinski definition) is 3. The van der Waals surface area contributed by atoms with Crippen molar-refractivity contribution in [2.24, 2.45) is 5.92 Å². The second-order valence-electron chi connectivity index (χ2n) is 9.70. The van der Waals surface area contributed by atoms with Gasteiger partial charge in [0, 0.05) is 18.2 Å². The molecule has 3 amide bonds. The molecule has 0 saturated heterocycles. The molecule has 1 fully saturated rings. The van der Waals surface area contributed by atoms with Gasteiger partial charge in [0.25, 0.3) is 0 Å². The first-order chi connectivity index (χ1) is 16.4. The number of carbonyl (C=O) groups excluding carboxylic acids is 4. The number of nitrogens with zero attached hydrogens (tertiary/aromatic N) is 1. The number of para-hydroxylation sites is 1. The summed E-state index contributed by atoms with van der Waals surface area (Å²) in [7, 11) is 0. The van der Waals surface area contributed by atoms with E-state index < -0.39 is 35.5 Å². The van der Waals surface area contributed by atoms with Gasteiger partial charge in [-0.2, -0.15) is 0 Å². The molecule has 1 aromatic rings. The van der Waals surface area contributed by atoms with Crippen LogP contribution in [0.1, 0.15) is 64.6 Å². The van der Waals surface area contributed by atoms with Crippen LogP contribution in [0.25, 0.3) is 0 Å². The summed E-state index contributed by atoms with van der Waals surface area (Å²) in [6.07, 6.45) is -0.0965. The second-order valence-corrected chi connectivity index (χ2v) is 9.70. The van der Waals surface area contributed by atoms with Gasteiger partial charge in [-0.3, -0.25) is 14.4 Å². The Morgan fingerprint density at radius 3 is 2.43 bits per heavy atom. The Balaban J connectivity index is 2.30. The van der Waals surface area contributed by atoms with E-state index in [0.717, 1.165) is 0 Å². The van der Waals surface area contributed by atoms with E-state index in [0.29, 0.717) is 12.0 Å². The molecule has 0 heterocycles. The number of alkyl carbamates (subject to hydrolysis) is 1. The quantitative estimate of drug-likeness (QED) is 0.428. The number of amides is 3. The topological polar surface area (TPSA) is 134 Å². The molecule has 3 atom stereocenters. The molecule has 3 N–H and O–H groups in total. The van der Waals surface area contributed by atoms with Gasteiger partial charge in [0.1, 0.15) is 23.9 Å². The van der Waals surface area contributed by atoms with Crippen molar-refractivity contribution in [2.75, 3.05) is 19.7 Å². The molecule has 1 saturated carbocycles. The predicted octanol–water partition coefficient (Wildman–Crippen LogP) is 2.57. The van der Waals surface area contributed by atoms with Crippen LogP contribution in [-0.4, -0.2) is 65.2 Å². The number of aromatic hydroxyl groups is 1. The Bertz CT molecular complexity index is 941. The molecule has 10 nitrogen and oxygen atoms in total. The number of nitrogens with one attached hydrogen (secondary N) is 2. The molecule has 194 valence electrons. The van der Waals surface area contributed by atoms with Crippen molar-refractivity contribution >= 4 is 23.9 Å². The number of aryl methyl sites for hydroxylation is 1. The van der Waals surface area contributed by atoms with Gasteiger partial charge in [-0.15, -0.1) is 0 Å². The van der Waals surface area contributed by atoms with Crippen LogP contribution >= 0.6 is 0 Å². The van der Waals surface area contributed by atoms with Gasteiger partial charge in [0.05, 0.1) is 13.0 Å². The maximum atomic E-state index is 13.4. The molecular formula is C25H37N3O7. The molecule has 1 aliphatic carbocycles. The van der Waals surface area contributed by atoms with E-state index in [9.17, 15) is 24.3 Å². The highest BCUT2D eigenvalue weighted by atomic mass is 16.6. The summed E-state index contributed by atoms with van der Waals surface area (Å²) in [5, 5.41) is 15.9. The fourth-order valence-electron chi connectivity index (χ4n) is 3.70. The Morgan fingerprint density at radius 2 is 1.86 bits per heavy atom. The molecule has 10 heteroatoms. The fourth-order valence-corrected chi connectivity index (χ4v) is 3.70. The van der Waals surface area contributed by atoms with Crippen molar-refractivity contribution in [3.63, 3.8) is 0 Å². The molecule has 0 bridgehead atoms. The first kappa shape index (κ1) is 27.9. The highest BCUT2D eigenvalue weighted by Gasteiger charge is 2.47. The Labute approximate surface area is 206 Å². The van der Waals surface area contributed by atoms with Crippen molar-refractivity contribution in [1.82, 2.24) is 15.5 Å². The van der Waals surface area contributed by atoms with E-state index in [2.05, 4.69) is 10.6 Å². The number of phenols is 1. The van der Waals surface area contributed by atoms with E-state index in [1.807, 2.05) is 6.92 Å². The monoisotopic (exact) mass is 491 g/mol. The van der Waals surface area contributed by atoms with E-state index in [1.165, 1.54) is 4.90 Å². The van der Waals surface area contributed by atoms with Crippen LogP contribution in [0.3, 0.4) is 0 Å². The maximum absolute atomic E-state index is 13.4. The lowest BCUT2D eigenvalue weighted by atomic mass is 9.99. The summed E-state index contributed by atoms with van der Waals surface area (Å²) in [5.41, 5.74) is 0.0882. The van der Waals surface area contributed by atoms with Crippen molar-refractivity contribution in [3.8, 4) is 5.75 Å². The molecule has 0 aromatic heterocycles. The van der Waals surface area contributed by atoms with Crippen molar-refractivity contribution in [1.29, 1.82) is 0 Å². The zero-order chi connectivity index (χ0) is 26.3. The minimum absolute atomic E-state index is 0.0130. The zero-order valence-corrected chi connectivity index (χ0v) is 21.3. The number of carbonyl (C=O) groups is 4. The second kappa shape index (κ2) is 11.9. The Hall–Kier alpha value is -3.30. The average Bonchev–Trinajstić information content (AvgIpc) is 3.47. The van der Waals surface area contributed by atoms with Crippen LogP contribution in [0, 0.1) is 12.8 Å². The molecule has 35 heavy (non-hydrogen) atoms. The minimum atomic E-state index is -1.15. The summed E-state index contributed by atoms with van der Waals surface area (Å²) in [5.74, 6) is -1.43. The van der Waals surface area contributed by atoms with E-state index in [1.54, 1.807) is 52.8 Å². The molecule has 1 aliphatic rings. The average molecular weight is 492 g/mol. The van der Waals surface area contributed by atoms with E-state index >= 15 is 0 Å². The smallest absolute Gasteiger partial charge is 0.408 e. The van der Waals surface area contributed by atoms with Gasteiger partial charge in [0.2, 0.25) is 11.8 Å². The first-order valence-electron chi connectivity index (χ1n) is 11.9. The summed E-state index contributed by atoms with van der Waals surface area (Å²) in [4.78, 5) is 51.9. The molecule has 0 radical (unpaired) electrons. The van der Waals surface area contributed by atoms with Crippen molar-refractivity contribution in [2.45, 2.75) is 72.1 Å². The number of ether oxygens (including phenoxy) is 2. The number of hydrogen-bond acceptors (Lipinski definition) is 7. The van der Waals surface area contributed by atoms with Gasteiger partial charge in [0.15, 0.2) is 0 Å². The summed E-state index contributed by atoms with van der Waals surface area (Å²) in [6.45, 7) is 10.4. The Morgan fingerprint density at radius 1 is 1.20 bits per heavy atom. The van der Waals surface area contributed by atoms with Gasteiger partial charge in [-0.25, -0.2) is 4.79 Å². The summed E-state index contributed by atoms with van der Waals surface area (Å²) >= 11 is 0. The number of rotatable bonds is 10. The number of phenolic OH excluding ortho intramolecular Hbond substituents is 1. The SMILES string of the molecule is CCOC(=O)CCNC(=O)C(c1cccc(C)c1O)N(C(=O)CNC(=O)OC(C)(C)C)C1CC1C. The van der Waals surface area contributed by atoms with Crippen LogP contribution in [0.4, 0.5) is 4.79 Å². The fraction of sp³-hybridized carbons (Fsp3) is 0.600. The summed E-state index contributed by atoms with van der Waals surface area (Å²) < 4.78 is 10.1. The molecular weight excluding hydrogens is 454 g/mol. The lowest BCUT2D eigenvalue weighted by Gasteiger charge is -2.32. The van der Waals surface area contributed by atoms with Crippen LogP contribution in [0.15, 0.2) is 18.2 Å². The van der Waals surface area contributed by atoms with Crippen LogP contribution in [0.2, 0.25) is 0 Å². The van der Waals surface area contributed by atoms with E-state index in [4.69, 9.17) is 9.47 Å². The van der Waals surface area contributed by atoms with Crippen molar-refractivity contribution in [3.05, 3.63) is 29.3 Å². The van der Waals surface area contributed by atoms with E-state index in [-0.39, 0.29) is 49.4 Å². The highest BCUT2D eigenvalue weighted by Crippen LogP contribution is 2.42. The van der Waals surface area contributed by atoms with Gasteiger partial charge >= 0.3 is 12.1 Å². The first-order valence-corrected chi connectivity index (χ1v) is 11.9. The van der Waals surface area contributed by atoms with Crippen molar-refractivity contribution < 1.29 is 33.8 Å². The predicted molar refractivity (Wildman–Crippen MR) is 128 cm³/mol. The molecule has 1 aromatic carbocycles. The largest absolute Gasteiger partial charge is 0.507 e. The lowest BCUT2D eigenvalue weighted by Crippen LogP contribution is -2.49. The molecule has 3 unspecified atom stereocenters. The zero-order valence-electron chi connectivity index (χ0n) is 21.3. The number of esters is 1. The molecule has 0 spiro atoms. The van der Waals surface area contributed by atoms with Crippen LogP contribution in [0.5, 0.6) is 5.75 Å². The third-order valence-corrected chi connectivity index (χ3v) is 5.52. The highest BCUT2D eigenvalue weighted by molar-refractivity contribution is 5.91. The van der Waals surface area contributed by atoms with Crippen LogP contribution in [-0.2, 0) is 23.9 Å². The number of benzene rings is 1. The molecule has 2 rings (SSSR count). The standard InChI is InChI=1S/C25H37N3O7/c1-7-34-20(30)11-12-26-23(32)21(17-10-8-9-15(2)22(17)31)28(18-13-16(18)3)19(29)14-27-24(33)35-25(4,5)6/h8-10,16,18,21,31H,7,11-14H2,1-6H3,(H,26,32)(H,27,33). The Kier molecular flexibility index (Phi) is 9.50. The lowest BCUT2D eigenvalue weighted by molar-refractivity contribution is -0.144. The molecule has 0 aliphatic heterocycles. The summed E-state index contributed by atoms with van der Waals surface area (Å²) in [6, 6.07) is 3.58. The minimum Gasteiger partial charge on any atom is -0.507 e. The van der Waals surface area contributed by atoms with Gasteiger partial charge in [-0.05, 0) is 52.5 Å².